The molecule has 0 unspecified atom stereocenters. The number of benzene rings is 3. The van der Waals surface area contributed by atoms with Gasteiger partial charge in [0.05, 0.1) is 25.2 Å². The maximum atomic E-state index is 12.6. The van der Waals surface area contributed by atoms with Crippen LogP contribution in [0.5, 0.6) is 5.75 Å². The van der Waals surface area contributed by atoms with Crippen LogP contribution in [0.1, 0.15) is 186 Å². The third-order valence-electron chi connectivity index (χ3n) is 11.6. The molecule has 0 aromatic heterocycles. The summed E-state index contributed by atoms with van der Waals surface area (Å²) in [7, 11) is -5.94. The third kappa shape index (κ3) is 11.2. The number of hydrogen-bond acceptors (Lipinski definition) is 8. The molecule has 0 amide bonds. The van der Waals surface area contributed by atoms with Crippen molar-refractivity contribution in [3.8, 4) is 5.75 Å². The summed E-state index contributed by atoms with van der Waals surface area (Å²) in [5.41, 5.74) is 3.86. The van der Waals surface area contributed by atoms with Crippen LogP contribution in [0.4, 0.5) is 0 Å². The highest BCUT2D eigenvalue weighted by atomic mass is 31.2. The Morgan fingerprint density at radius 1 is 0.417 bits per heavy atom. The van der Waals surface area contributed by atoms with Gasteiger partial charge in [0.2, 0.25) is 0 Å². The lowest BCUT2D eigenvalue weighted by Gasteiger charge is -2.55. The van der Waals surface area contributed by atoms with Crippen molar-refractivity contribution in [1.29, 1.82) is 0 Å². The summed E-state index contributed by atoms with van der Waals surface area (Å²) in [6.07, 6.45) is 0. The molecule has 0 bridgehead atoms. The van der Waals surface area contributed by atoms with E-state index in [0.29, 0.717) is 5.75 Å². The van der Waals surface area contributed by atoms with E-state index >= 15 is 0 Å². The number of aryl methyl sites for hydroxylation is 3. The molecule has 5 N–H and O–H groups in total. The van der Waals surface area contributed by atoms with Gasteiger partial charge in [0.25, 0.3) is 0 Å². The zero-order chi connectivity index (χ0) is 46.6. The Morgan fingerprint density at radius 3 is 0.850 bits per heavy atom. The van der Waals surface area contributed by atoms with Gasteiger partial charge in [-0.1, -0.05) is 178 Å². The van der Waals surface area contributed by atoms with Gasteiger partial charge in [0, 0.05) is 22.3 Å². The predicted octanol–water partition coefficient (Wildman–Crippen LogP) is 12.2. The zero-order valence-electron chi connectivity index (χ0n) is 40.9. The standard InChI is InChI=1S/C50H80O8P2/c1-31-22-34(43(4,5)6)40(35(23-31)44(7,8)9)50(49(28-51,29-56-59(52)53)30-57-60(54)55,41-36(45(10,11)12)24-32(2)25-37(41)46(13,14)15)58-42-38(47(16,17)18)26-33(3)27-39(42)48(19,20)21/h22-27,51-55H,28-30H2,1-21H3. The van der Waals surface area contributed by atoms with Crippen LogP contribution in [0.2, 0.25) is 0 Å². The van der Waals surface area contributed by atoms with Crippen molar-refractivity contribution < 1.29 is 38.5 Å². The van der Waals surface area contributed by atoms with Crippen LogP contribution in [0.15, 0.2) is 36.4 Å². The topological polar surface area (TPSA) is 129 Å². The van der Waals surface area contributed by atoms with E-state index in [1.807, 2.05) is 0 Å². The molecule has 0 radical (unpaired) electrons. The minimum atomic E-state index is -2.97. The molecule has 0 aliphatic rings. The summed E-state index contributed by atoms with van der Waals surface area (Å²) in [6.45, 7) is 43.8. The lowest BCUT2D eigenvalue weighted by molar-refractivity contribution is -0.117. The van der Waals surface area contributed by atoms with Gasteiger partial charge in [-0.2, -0.15) is 0 Å². The van der Waals surface area contributed by atoms with Crippen LogP contribution < -0.4 is 4.74 Å². The number of hydrogen-bond donors (Lipinski definition) is 5. The molecular weight excluding hydrogens is 790 g/mol. The molecule has 0 atom stereocenters. The van der Waals surface area contributed by atoms with Gasteiger partial charge in [-0.05, 0) is 75.5 Å². The van der Waals surface area contributed by atoms with Crippen molar-refractivity contribution in [2.24, 2.45) is 5.41 Å². The molecule has 60 heavy (non-hydrogen) atoms. The summed E-state index contributed by atoms with van der Waals surface area (Å²) in [6, 6.07) is 13.2. The van der Waals surface area contributed by atoms with Crippen LogP contribution in [0, 0.1) is 26.2 Å². The van der Waals surface area contributed by atoms with Gasteiger partial charge in [0.15, 0.2) is 5.60 Å². The highest BCUT2D eigenvalue weighted by Gasteiger charge is 2.63. The second-order valence-electron chi connectivity index (χ2n) is 23.4. The molecule has 0 spiro atoms. The van der Waals surface area contributed by atoms with Crippen LogP contribution in [0.3, 0.4) is 0 Å². The highest BCUT2D eigenvalue weighted by molar-refractivity contribution is 7.39. The Hall–Kier alpha value is -1.96. The third-order valence-corrected chi connectivity index (χ3v) is 12.3. The molecule has 8 nitrogen and oxygen atoms in total. The normalized spacial score (nSPS) is 14.1. The van der Waals surface area contributed by atoms with E-state index in [1.165, 1.54) is 0 Å². The van der Waals surface area contributed by atoms with Crippen LogP contribution >= 0.6 is 17.2 Å². The molecule has 338 valence electrons. The fraction of sp³-hybridized carbons (Fsp3) is 0.640. The molecule has 3 aromatic carbocycles. The fourth-order valence-corrected chi connectivity index (χ4v) is 9.25. The Kier molecular flexibility index (Phi) is 15.6. The van der Waals surface area contributed by atoms with Crippen LogP contribution in [0.25, 0.3) is 0 Å². The zero-order valence-corrected chi connectivity index (χ0v) is 42.7. The van der Waals surface area contributed by atoms with Gasteiger partial charge in [-0.15, -0.1) is 0 Å². The molecule has 0 saturated carbocycles. The van der Waals surface area contributed by atoms with Gasteiger partial charge in [-0.3, -0.25) is 0 Å². The molecule has 10 heteroatoms. The maximum absolute atomic E-state index is 12.6. The summed E-state index contributed by atoms with van der Waals surface area (Å²) in [5, 5.41) is 12.6. The average molecular weight is 871 g/mol. The van der Waals surface area contributed by atoms with E-state index < -0.39 is 80.5 Å². The molecule has 3 rings (SSSR count). The van der Waals surface area contributed by atoms with E-state index in [2.05, 4.69) is 182 Å². The SMILES string of the molecule is Cc1cc(C(C)(C)C)c(OC(c2c(C(C)(C)C)cc(C)cc2C(C)(C)C)(c2c(C(C)(C)C)cc(C)cc2C(C)(C)C)C(CO)(COP(O)O)COP(O)O)c(C(C)(C)C)c1. The summed E-state index contributed by atoms with van der Waals surface area (Å²) >= 11 is 0. The van der Waals surface area contributed by atoms with E-state index in [4.69, 9.17) is 13.8 Å². The van der Waals surface area contributed by atoms with Crippen molar-refractivity contribution in [3.05, 3.63) is 97.6 Å². The second-order valence-corrected chi connectivity index (χ2v) is 25.0. The first-order valence-corrected chi connectivity index (χ1v) is 23.6. The Balaban J connectivity index is 3.26. The van der Waals surface area contributed by atoms with Crippen molar-refractivity contribution in [2.45, 2.75) is 183 Å². The second kappa shape index (κ2) is 17.9. The van der Waals surface area contributed by atoms with Gasteiger partial charge in [0.1, 0.15) is 5.75 Å². The molecule has 0 aliphatic carbocycles. The predicted molar refractivity (Wildman–Crippen MR) is 251 cm³/mol. The largest absolute Gasteiger partial charge is 0.476 e. The number of rotatable bonds is 12. The summed E-state index contributed by atoms with van der Waals surface area (Å²) < 4.78 is 20.4. The van der Waals surface area contributed by atoms with E-state index in [1.54, 1.807) is 0 Å². The minimum Gasteiger partial charge on any atom is -0.476 e. The molecule has 3 aromatic rings. The molecule has 0 aliphatic heterocycles. The van der Waals surface area contributed by atoms with Crippen molar-refractivity contribution in [2.75, 3.05) is 19.8 Å². The smallest absolute Gasteiger partial charge is 0.327 e. The summed E-state index contributed by atoms with van der Waals surface area (Å²) in [5.74, 6) is 0.629. The van der Waals surface area contributed by atoms with E-state index in [9.17, 15) is 24.7 Å². The first-order valence-electron chi connectivity index (χ1n) is 21.2. The number of ether oxygens (including phenoxy) is 1. The Morgan fingerprint density at radius 2 is 0.650 bits per heavy atom. The average Bonchev–Trinajstić information content (AvgIpc) is 3.04. The van der Waals surface area contributed by atoms with Crippen molar-refractivity contribution in [1.82, 2.24) is 0 Å². The first-order chi connectivity index (χ1) is 26.8. The molecule has 0 fully saturated rings. The van der Waals surface area contributed by atoms with Gasteiger partial charge >= 0.3 is 17.2 Å². The Bertz CT molecular complexity index is 1780. The Labute approximate surface area is 366 Å². The first kappa shape index (κ1) is 52.4. The summed E-state index contributed by atoms with van der Waals surface area (Å²) in [4.78, 5) is 42.7. The monoisotopic (exact) mass is 871 g/mol. The lowest BCUT2D eigenvalue weighted by Crippen LogP contribution is -2.61. The fourth-order valence-electron chi connectivity index (χ4n) is 8.52. The van der Waals surface area contributed by atoms with Gasteiger partial charge in [-0.25, -0.2) is 0 Å². The lowest BCUT2D eigenvalue weighted by atomic mass is 9.56. The highest BCUT2D eigenvalue weighted by Crippen LogP contribution is 2.61. The van der Waals surface area contributed by atoms with Crippen molar-refractivity contribution in [3.63, 3.8) is 0 Å². The van der Waals surface area contributed by atoms with E-state index in [-0.39, 0.29) is 0 Å². The van der Waals surface area contributed by atoms with Crippen LogP contribution in [-0.2, 0) is 47.1 Å². The van der Waals surface area contributed by atoms with Crippen LogP contribution in [-0.4, -0.2) is 44.5 Å². The molecule has 0 saturated heterocycles. The van der Waals surface area contributed by atoms with Gasteiger partial charge < -0.3 is 38.5 Å². The van der Waals surface area contributed by atoms with Crippen molar-refractivity contribution >= 4 is 17.2 Å². The van der Waals surface area contributed by atoms with E-state index in [0.717, 1.165) is 61.2 Å². The minimum absolute atomic E-state index is 0.447. The molecular formula is C50H80O8P2. The maximum Gasteiger partial charge on any atom is 0.327 e. The number of aliphatic hydroxyl groups is 1. The molecule has 0 heterocycles. The quantitative estimate of drug-likeness (QED) is 0.114. The number of aliphatic hydroxyl groups excluding tert-OH is 1.